The fourth-order valence-corrected chi connectivity index (χ4v) is 4.70. The molecular weight excluding hydrogens is 390 g/mol. The zero-order valence-corrected chi connectivity index (χ0v) is 17.2. The first-order valence-electron chi connectivity index (χ1n) is 9.81. The van der Waals surface area contributed by atoms with E-state index in [0.717, 1.165) is 25.0 Å². The van der Waals surface area contributed by atoms with Crippen molar-refractivity contribution in [2.75, 3.05) is 40.4 Å². The molecule has 7 nitrogen and oxygen atoms in total. The van der Waals surface area contributed by atoms with Crippen LogP contribution in [0, 0.1) is 0 Å². The monoisotopic (exact) mass is 415 g/mol. The van der Waals surface area contributed by atoms with E-state index in [0.29, 0.717) is 17.1 Å². The molecule has 2 heterocycles. The fourth-order valence-electron chi connectivity index (χ4n) is 3.78. The summed E-state index contributed by atoms with van der Waals surface area (Å²) in [6.45, 7) is 2.05. The van der Waals surface area contributed by atoms with Crippen molar-refractivity contribution in [3.63, 3.8) is 0 Å². The van der Waals surface area contributed by atoms with Crippen molar-refractivity contribution in [1.82, 2.24) is 0 Å². The molecule has 1 N–H and O–H groups in total. The summed E-state index contributed by atoms with van der Waals surface area (Å²) in [5, 5.41) is 2.84. The summed E-state index contributed by atoms with van der Waals surface area (Å²) in [4.78, 5) is 15.1. The molecule has 2 aliphatic rings. The summed E-state index contributed by atoms with van der Waals surface area (Å²) in [6.07, 6.45) is 3.88. The number of ether oxygens (including phenoxy) is 1. The van der Waals surface area contributed by atoms with E-state index < -0.39 is 16.1 Å². The Morgan fingerprint density at radius 2 is 1.72 bits per heavy atom. The van der Waals surface area contributed by atoms with Gasteiger partial charge in [0.05, 0.1) is 18.5 Å². The van der Waals surface area contributed by atoms with E-state index in [1.165, 1.54) is 23.6 Å². The molecule has 154 valence electrons. The number of fused-ring (bicyclic) bond motifs is 1. The van der Waals surface area contributed by atoms with Gasteiger partial charge in [-0.2, -0.15) is 0 Å². The lowest BCUT2D eigenvalue weighted by Crippen LogP contribution is -2.48. The zero-order chi connectivity index (χ0) is 20.4. The summed E-state index contributed by atoms with van der Waals surface area (Å²) < 4.78 is 31.4. The number of piperidine rings is 1. The average Bonchev–Trinajstić information content (AvgIpc) is 2.73. The lowest BCUT2D eigenvalue weighted by atomic mass is 10.1. The minimum Gasteiger partial charge on any atom is -0.476 e. The first-order valence-corrected chi connectivity index (χ1v) is 11.7. The van der Waals surface area contributed by atoms with Gasteiger partial charge in [-0.15, -0.1) is 0 Å². The van der Waals surface area contributed by atoms with Crippen molar-refractivity contribution < 1.29 is 17.9 Å². The largest absolute Gasteiger partial charge is 0.476 e. The molecule has 4 rings (SSSR count). The summed E-state index contributed by atoms with van der Waals surface area (Å²) in [7, 11) is -3.53. The van der Waals surface area contributed by atoms with Gasteiger partial charge in [0.2, 0.25) is 10.0 Å². The van der Waals surface area contributed by atoms with Crippen molar-refractivity contribution >= 4 is 33.0 Å². The highest BCUT2D eigenvalue weighted by Crippen LogP contribution is 2.34. The van der Waals surface area contributed by atoms with Gasteiger partial charge < -0.3 is 15.0 Å². The molecule has 2 aromatic carbocycles. The van der Waals surface area contributed by atoms with E-state index in [1.54, 1.807) is 24.3 Å². The number of carbonyl (C=O) groups is 1. The second-order valence-electron chi connectivity index (χ2n) is 7.45. The van der Waals surface area contributed by atoms with Crippen molar-refractivity contribution in [1.29, 1.82) is 0 Å². The minimum absolute atomic E-state index is 0.0620. The molecule has 0 aliphatic carbocycles. The molecule has 0 aromatic heterocycles. The Labute approximate surface area is 171 Å². The highest BCUT2D eigenvalue weighted by Gasteiger charge is 2.34. The standard InChI is InChI=1S/C21H25N3O4S/c1-29(26,27)24-15-20(28-19-8-4-3-7-18(19)24)21(25)22-16-9-11-17(12-10-16)23-13-5-2-6-14-23/h3-4,7-12,20H,2,5-6,13-15H2,1H3,(H,22,25)/t20-/m1/s1. The number of anilines is 3. The molecular formula is C21H25N3O4S. The van der Waals surface area contributed by atoms with Crippen LogP contribution in [0.2, 0.25) is 0 Å². The maximum absolute atomic E-state index is 12.8. The third-order valence-corrected chi connectivity index (χ3v) is 6.43. The SMILES string of the molecule is CS(=O)(=O)N1C[C@H](C(=O)Nc2ccc(N3CCCCC3)cc2)Oc2ccccc21. The Morgan fingerprint density at radius 3 is 2.41 bits per heavy atom. The van der Waals surface area contributed by atoms with E-state index in [-0.39, 0.29) is 12.5 Å². The van der Waals surface area contributed by atoms with Crippen molar-refractivity contribution in [3.05, 3.63) is 48.5 Å². The van der Waals surface area contributed by atoms with Gasteiger partial charge in [0.25, 0.3) is 5.91 Å². The Hall–Kier alpha value is -2.74. The number of para-hydroxylation sites is 2. The molecule has 8 heteroatoms. The molecule has 2 aliphatic heterocycles. The highest BCUT2D eigenvalue weighted by molar-refractivity contribution is 7.92. The molecule has 2 aromatic rings. The average molecular weight is 416 g/mol. The quantitative estimate of drug-likeness (QED) is 0.831. The topological polar surface area (TPSA) is 79.0 Å². The van der Waals surface area contributed by atoms with Gasteiger partial charge in [0.15, 0.2) is 6.10 Å². The predicted molar refractivity (Wildman–Crippen MR) is 114 cm³/mol. The third-order valence-electron chi connectivity index (χ3n) is 5.28. The van der Waals surface area contributed by atoms with Gasteiger partial charge in [-0.25, -0.2) is 8.42 Å². The van der Waals surface area contributed by atoms with Gasteiger partial charge in [-0.05, 0) is 55.7 Å². The smallest absolute Gasteiger partial charge is 0.267 e. The molecule has 29 heavy (non-hydrogen) atoms. The summed E-state index contributed by atoms with van der Waals surface area (Å²) in [5.74, 6) is 0.00338. The first-order chi connectivity index (χ1) is 13.9. The molecule has 0 bridgehead atoms. The number of sulfonamides is 1. The molecule has 0 unspecified atom stereocenters. The van der Waals surface area contributed by atoms with Crippen LogP contribution in [0.3, 0.4) is 0 Å². The lowest BCUT2D eigenvalue weighted by molar-refractivity contribution is -0.122. The van der Waals surface area contributed by atoms with E-state index in [4.69, 9.17) is 4.74 Å². The van der Waals surface area contributed by atoms with Gasteiger partial charge in [0.1, 0.15) is 5.75 Å². The second kappa shape index (κ2) is 7.94. The number of nitrogens with zero attached hydrogens (tertiary/aromatic N) is 2. The summed E-state index contributed by atoms with van der Waals surface area (Å²) in [6, 6.07) is 14.6. The van der Waals surface area contributed by atoms with Crippen LogP contribution in [0.15, 0.2) is 48.5 Å². The maximum atomic E-state index is 12.8. The molecule has 1 fully saturated rings. The molecule has 0 saturated carbocycles. The normalized spacial score (nSPS) is 19.3. The van der Waals surface area contributed by atoms with Crippen LogP contribution < -0.4 is 19.3 Å². The fraction of sp³-hybridized carbons (Fsp3) is 0.381. The van der Waals surface area contributed by atoms with Gasteiger partial charge in [-0.3, -0.25) is 9.10 Å². The summed E-state index contributed by atoms with van der Waals surface area (Å²) >= 11 is 0. The van der Waals surface area contributed by atoms with E-state index in [1.807, 2.05) is 24.3 Å². The van der Waals surface area contributed by atoms with Crippen LogP contribution in [0.4, 0.5) is 17.1 Å². The van der Waals surface area contributed by atoms with Crippen LogP contribution in [0.25, 0.3) is 0 Å². The Balaban J connectivity index is 1.47. The number of carbonyl (C=O) groups excluding carboxylic acids is 1. The number of benzene rings is 2. The number of rotatable bonds is 4. The number of nitrogens with one attached hydrogen (secondary N) is 1. The molecule has 1 atom stereocenters. The van der Waals surface area contributed by atoms with Crippen LogP contribution in [0.1, 0.15) is 19.3 Å². The highest BCUT2D eigenvalue weighted by atomic mass is 32.2. The van der Waals surface area contributed by atoms with Crippen molar-refractivity contribution in [2.24, 2.45) is 0 Å². The van der Waals surface area contributed by atoms with Crippen LogP contribution in [-0.4, -0.2) is 46.3 Å². The number of hydrogen-bond acceptors (Lipinski definition) is 5. The molecule has 1 amide bonds. The van der Waals surface area contributed by atoms with Crippen molar-refractivity contribution in [2.45, 2.75) is 25.4 Å². The Kier molecular flexibility index (Phi) is 5.36. The Morgan fingerprint density at radius 1 is 1.03 bits per heavy atom. The van der Waals surface area contributed by atoms with E-state index in [9.17, 15) is 13.2 Å². The third kappa shape index (κ3) is 4.32. The van der Waals surface area contributed by atoms with Gasteiger partial charge in [-0.1, -0.05) is 12.1 Å². The number of amides is 1. The number of hydrogen-bond donors (Lipinski definition) is 1. The van der Waals surface area contributed by atoms with Crippen LogP contribution in [0.5, 0.6) is 5.75 Å². The van der Waals surface area contributed by atoms with E-state index >= 15 is 0 Å². The first kappa shape index (κ1) is 19.6. The zero-order valence-electron chi connectivity index (χ0n) is 16.4. The molecule has 0 radical (unpaired) electrons. The predicted octanol–water partition coefficient (Wildman–Crippen LogP) is 2.84. The van der Waals surface area contributed by atoms with E-state index in [2.05, 4.69) is 10.2 Å². The molecule has 0 spiro atoms. The van der Waals surface area contributed by atoms with Crippen LogP contribution in [-0.2, 0) is 14.8 Å². The maximum Gasteiger partial charge on any atom is 0.267 e. The van der Waals surface area contributed by atoms with Gasteiger partial charge in [0, 0.05) is 24.5 Å². The van der Waals surface area contributed by atoms with Crippen molar-refractivity contribution in [3.8, 4) is 5.75 Å². The lowest BCUT2D eigenvalue weighted by Gasteiger charge is -2.33. The summed E-state index contributed by atoms with van der Waals surface area (Å²) in [5.41, 5.74) is 2.25. The van der Waals surface area contributed by atoms with Crippen LogP contribution >= 0.6 is 0 Å². The molecule has 1 saturated heterocycles. The Bertz CT molecular complexity index is 985. The minimum atomic E-state index is -3.53. The second-order valence-corrected chi connectivity index (χ2v) is 9.36. The van der Waals surface area contributed by atoms with Gasteiger partial charge >= 0.3 is 0 Å².